The molecule has 0 aliphatic rings. The van der Waals surface area contributed by atoms with Gasteiger partial charge >= 0.3 is 0 Å². The summed E-state index contributed by atoms with van der Waals surface area (Å²) in [5.74, 6) is 1.67. The SMILES string of the molecule is COc1ccc(NC(N)=NCc2c(C)cc(C)cc2C)cc1OC. The molecule has 0 spiro atoms. The summed E-state index contributed by atoms with van der Waals surface area (Å²) in [7, 11) is 3.20. The van der Waals surface area contributed by atoms with Gasteiger partial charge in [0.25, 0.3) is 0 Å². The molecule has 0 bridgehead atoms. The van der Waals surface area contributed by atoms with E-state index in [2.05, 4.69) is 43.2 Å². The second-order valence-electron chi connectivity index (χ2n) is 5.77. The number of hydrogen-bond donors (Lipinski definition) is 2. The molecule has 2 rings (SSSR count). The van der Waals surface area contributed by atoms with Gasteiger partial charge in [-0.25, -0.2) is 4.99 Å². The molecule has 2 aromatic rings. The van der Waals surface area contributed by atoms with Crippen LogP contribution < -0.4 is 20.5 Å². The Morgan fingerprint density at radius 2 is 1.62 bits per heavy atom. The average Bonchev–Trinajstić information content (AvgIpc) is 2.53. The van der Waals surface area contributed by atoms with Crippen LogP contribution in [0, 0.1) is 20.8 Å². The van der Waals surface area contributed by atoms with Crippen molar-refractivity contribution >= 4 is 11.6 Å². The molecule has 0 saturated carbocycles. The third-order valence-corrected chi connectivity index (χ3v) is 3.90. The number of methoxy groups -OCH3 is 2. The van der Waals surface area contributed by atoms with Crippen molar-refractivity contribution in [3.8, 4) is 11.5 Å². The minimum Gasteiger partial charge on any atom is -0.493 e. The highest BCUT2D eigenvalue weighted by Crippen LogP contribution is 2.29. The topological polar surface area (TPSA) is 68.9 Å². The van der Waals surface area contributed by atoms with E-state index in [0.717, 1.165) is 5.69 Å². The first-order valence-corrected chi connectivity index (χ1v) is 7.80. The molecule has 0 fully saturated rings. The Morgan fingerprint density at radius 1 is 1.00 bits per heavy atom. The Balaban J connectivity index is 2.12. The first-order chi connectivity index (χ1) is 11.4. The highest BCUT2D eigenvalue weighted by atomic mass is 16.5. The van der Waals surface area contributed by atoms with Crippen LogP contribution >= 0.6 is 0 Å². The Hall–Kier alpha value is -2.69. The molecule has 5 nitrogen and oxygen atoms in total. The van der Waals surface area contributed by atoms with Crippen molar-refractivity contribution in [3.63, 3.8) is 0 Å². The van der Waals surface area contributed by atoms with Crippen LogP contribution in [0.5, 0.6) is 11.5 Å². The van der Waals surface area contributed by atoms with E-state index in [1.807, 2.05) is 18.2 Å². The van der Waals surface area contributed by atoms with Crippen LogP contribution in [0.4, 0.5) is 5.69 Å². The second-order valence-corrected chi connectivity index (χ2v) is 5.77. The molecule has 3 N–H and O–H groups in total. The lowest BCUT2D eigenvalue weighted by Gasteiger charge is -2.12. The highest BCUT2D eigenvalue weighted by molar-refractivity contribution is 5.92. The molecule has 0 radical (unpaired) electrons. The van der Waals surface area contributed by atoms with Gasteiger partial charge in [0, 0.05) is 11.8 Å². The van der Waals surface area contributed by atoms with Gasteiger partial charge in [-0.15, -0.1) is 0 Å². The number of benzene rings is 2. The minimum atomic E-state index is 0.363. The Kier molecular flexibility index (Phi) is 5.68. The van der Waals surface area contributed by atoms with Gasteiger partial charge in [0.1, 0.15) is 0 Å². The molecule has 0 heterocycles. The molecule has 0 aliphatic heterocycles. The van der Waals surface area contributed by atoms with E-state index < -0.39 is 0 Å². The predicted molar refractivity (Wildman–Crippen MR) is 99.1 cm³/mol. The Labute approximate surface area is 143 Å². The molecule has 0 atom stereocenters. The van der Waals surface area contributed by atoms with E-state index >= 15 is 0 Å². The van der Waals surface area contributed by atoms with Crippen LogP contribution in [0.15, 0.2) is 35.3 Å². The van der Waals surface area contributed by atoms with E-state index in [-0.39, 0.29) is 0 Å². The normalized spacial score (nSPS) is 11.3. The molecule has 24 heavy (non-hydrogen) atoms. The quantitative estimate of drug-likeness (QED) is 0.651. The maximum atomic E-state index is 6.01. The van der Waals surface area contributed by atoms with Crippen molar-refractivity contribution in [2.45, 2.75) is 27.3 Å². The lowest BCUT2D eigenvalue weighted by molar-refractivity contribution is 0.355. The van der Waals surface area contributed by atoms with Gasteiger partial charge in [0.15, 0.2) is 17.5 Å². The van der Waals surface area contributed by atoms with E-state index in [0.29, 0.717) is 24.0 Å². The van der Waals surface area contributed by atoms with Crippen molar-refractivity contribution in [2.24, 2.45) is 10.7 Å². The largest absolute Gasteiger partial charge is 0.493 e. The van der Waals surface area contributed by atoms with Gasteiger partial charge in [-0.3, -0.25) is 0 Å². The standard InChI is InChI=1S/C19H25N3O2/c1-12-8-13(2)16(14(3)9-12)11-21-19(20)22-15-6-7-17(23-4)18(10-15)24-5/h6-10H,11H2,1-5H3,(H3,20,21,22). The van der Waals surface area contributed by atoms with Gasteiger partial charge in [-0.2, -0.15) is 0 Å². The number of rotatable bonds is 5. The smallest absolute Gasteiger partial charge is 0.193 e. The number of hydrogen-bond acceptors (Lipinski definition) is 3. The van der Waals surface area contributed by atoms with Crippen LogP contribution in [-0.4, -0.2) is 20.2 Å². The fourth-order valence-corrected chi connectivity index (χ4v) is 2.72. The monoisotopic (exact) mass is 327 g/mol. The van der Waals surface area contributed by atoms with Crippen molar-refractivity contribution in [2.75, 3.05) is 19.5 Å². The molecule has 0 saturated heterocycles. The maximum Gasteiger partial charge on any atom is 0.193 e. The fourth-order valence-electron chi connectivity index (χ4n) is 2.72. The zero-order valence-corrected chi connectivity index (χ0v) is 14.9. The molecular formula is C19H25N3O2. The Morgan fingerprint density at radius 3 is 2.21 bits per heavy atom. The lowest BCUT2D eigenvalue weighted by Crippen LogP contribution is -2.22. The van der Waals surface area contributed by atoms with Crippen molar-refractivity contribution in [3.05, 3.63) is 52.6 Å². The third-order valence-electron chi connectivity index (χ3n) is 3.90. The number of nitrogens with zero attached hydrogens (tertiary/aromatic N) is 1. The van der Waals surface area contributed by atoms with Crippen LogP contribution in [0.25, 0.3) is 0 Å². The molecule has 2 aromatic carbocycles. The summed E-state index contributed by atoms with van der Waals surface area (Å²) < 4.78 is 10.5. The first kappa shape index (κ1) is 17.7. The van der Waals surface area contributed by atoms with Gasteiger partial charge < -0.3 is 20.5 Å². The predicted octanol–water partition coefficient (Wildman–Crippen LogP) is 3.56. The third kappa shape index (κ3) is 4.19. The molecule has 0 amide bonds. The molecule has 5 heteroatoms. The number of aliphatic imine (C=N–C) groups is 1. The van der Waals surface area contributed by atoms with E-state index in [1.165, 1.54) is 22.3 Å². The van der Waals surface area contributed by atoms with Crippen molar-refractivity contribution in [1.82, 2.24) is 0 Å². The van der Waals surface area contributed by atoms with Gasteiger partial charge in [-0.05, 0) is 49.6 Å². The van der Waals surface area contributed by atoms with Crippen LogP contribution in [0.1, 0.15) is 22.3 Å². The van der Waals surface area contributed by atoms with Crippen LogP contribution in [0.2, 0.25) is 0 Å². The van der Waals surface area contributed by atoms with Crippen LogP contribution in [0.3, 0.4) is 0 Å². The fraction of sp³-hybridized carbons (Fsp3) is 0.316. The maximum absolute atomic E-state index is 6.01. The zero-order chi connectivity index (χ0) is 17.7. The molecule has 128 valence electrons. The summed E-state index contributed by atoms with van der Waals surface area (Å²) in [5, 5.41) is 3.08. The summed E-state index contributed by atoms with van der Waals surface area (Å²) in [6.07, 6.45) is 0. The number of anilines is 1. The molecular weight excluding hydrogens is 302 g/mol. The van der Waals surface area contributed by atoms with E-state index in [4.69, 9.17) is 15.2 Å². The van der Waals surface area contributed by atoms with Gasteiger partial charge in [0.2, 0.25) is 0 Å². The molecule has 0 unspecified atom stereocenters. The number of nitrogens with two attached hydrogens (primary N) is 1. The molecule has 0 aromatic heterocycles. The number of nitrogens with one attached hydrogen (secondary N) is 1. The summed E-state index contributed by atoms with van der Waals surface area (Å²) in [5.41, 5.74) is 11.7. The van der Waals surface area contributed by atoms with E-state index in [1.54, 1.807) is 14.2 Å². The van der Waals surface area contributed by atoms with Gasteiger partial charge in [0.05, 0.1) is 20.8 Å². The first-order valence-electron chi connectivity index (χ1n) is 7.80. The van der Waals surface area contributed by atoms with Crippen molar-refractivity contribution in [1.29, 1.82) is 0 Å². The summed E-state index contributed by atoms with van der Waals surface area (Å²) in [6, 6.07) is 9.84. The number of ether oxygens (including phenoxy) is 2. The van der Waals surface area contributed by atoms with Crippen molar-refractivity contribution < 1.29 is 9.47 Å². The minimum absolute atomic E-state index is 0.363. The number of guanidine groups is 1. The summed E-state index contributed by atoms with van der Waals surface area (Å²) in [4.78, 5) is 4.45. The zero-order valence-electron chi connectivity index (χ0n) is 14.9. The van der Waals surface area contributed by atoms with E-state index in [9.17, 15) is 0 Å². The molecule has 0 aliphatic carbocycles. The second kappa shape index (κ2) is 7.73. The highest BCUT2D eigenvalue weighted by Gasteiger charge is 2.06. The van der Waals surface area contributed by atoms with Gasteiger partial charge in [-0.1, -0.05) is 17.7 Å². The number of aryl methyl sites for hydroxylation is 3. The summed E-state index contributed by atoms with van der Waals surface area (Å²) >= 11 is 0. The summed E-state index contributed by atoms with van der Waals surface area (Å²) in [6.45, 7) is 6.84. The lowest BCUT2D eigenvalue weighted by atomic mass is 10.00. The van der Waals surface area contributed by atoms with Crippen LogP contribution in [-0.2, 0) is 6.54 Å². The average molecular weight is 327 g/mol. The Bertz CT molecular complexity index is 731.